The number of likely N-dealkylation sites (tertiary alicyclic amines) is 1. The van der Waals surface area contributed by atoms with Gasteiger partial charge >= 0.3 is 0 Å². The van der Waals surface area contributed by atoms with Crippen molar-refractivity contribution >= 4 is 5.91 Å². The summed E-state index contributed by atoms with van der Waals surface area (Å²) in [5.74, 6) is 0.124. The second-order valence-electron chi connectivity index (χ2n) is 5.95. The highest BCUT2D eigenvalue weighted by molar-refractivity contribution is 5.78. The third kappa shape index (κ3) is 3.73. The van der Waals surface area contributed by atoms with Crippen LogP contribution < -0.4 is 4.74 Å². The summed E-state index contributed by atoms with van der Waals surface area (Å²) in [5.41, 5.74) is 0.210. The Balaban J connectivity index is 1.59. The molecule has 0 radical (unpaired) electrons. The van der Waals surface area contributed by atoms with Crippen molar-refractivity contribution in [2.75, 3.05) is 26.8 Å². The predicted octanol–water partition coefficient (Wildman–Crippen LogP) is 1.79. The number of hydrogen-bond donors (Lipinski definition) is 1. The third-order valence-electron chi connectivity index (χ3n) is 4.30. The van der Waals surface area contributed by atoms with Gasteiger partial charge in [0, 0.05) is 31.6 Å². The molecule has 1 aliphatic heterocycles. The van der Waals surface area contributed by atoms with Crippen LogP contribution in [-0.2, 0) is 16.0 Å². The average molecular weight is 333 g/mol. The Morgan fingerprint density at radius 3 is 3.08 bits per heavy atom. The first kappa shape index (κ1) is 16.4. The maximum atomic E-state index is 13.2. The molecular formula is C17H20FN3O3. The summed E-state index contributed by atoms with van der Waals surface area (Å²) in [6, 6.07) is 5.99. The molecule has 1 N–H and O–H groups in total. The maximum absolute atomic E-state index is 13.2. The van der Waals surface area contributed by atoms with Crippen LogP contribution in [0.25, 0.3) is 0 Å². The molecule has 1 fully saturated rings. The van der Waals surface area contributed by atoms with Crippen molar-refractivity contribution in [1.82, 2.24) is 14.9 Å². The van der Waals surface area contributed by atoms with Gasteiger partial charge in [-0.25, -0.2) is 9.37 Å². The number of amides is 1. The van der Waals surface area contributed by atoms with Gasteiger partial charge in [-0.2, -0.15) is 0 Å². The van der Waals surface area contributed by atoms with Crippen LogP contribution in [0.3, 0.4) is 0 Å². The Hall–Kier alpha value is -2.41. The lowest BCUT2D eigenvalue weighted by atomic mass is 10.0. The molecule has 1 aromatic carbocycles. The average Bonchev–Trinajstić information content (AvgIpc) is 3.23. The van der Waals surface area contributed by atoms with Crippen molar-refractivity contribution in [2.24, 2.45) is 0 Å². The molecule has 1 aromatic heterocycles. The van der Waals surface area contributed by atoms with Crippen LogP contribution in [0.1, 0.15) is 12.1 Å². The number of imidazole rings is 1. The fourth-order valence-electron chi connectivity index (χ4n) is 2.83. The van der Waals surface area contributed by atoms with E-state index in [1.54, 1.807) is 36.7 Å². The number of aromatic amines is 1. The van der Waals surface area contributed by atoms with E-state index in [-0.39, 0.29) is 24.8 Å². The fraction of sp³-hybridized carbons (Fsp3) is 0.412. The highest BCUT2D eigenvalue weighted by Crippen LogP contribution is 2.27. The van der Waals surface area contributed by atoms with E-state index in [9.17, 15) is 9.18 Å². The number of aromatic nitrogens is 2. The summed E-state index contributed by atoms with van der Waals surface area (Å²) in [6.07, 6.45) is 4.15. The monoisotopic (exact) mass is 333 g/mol. The van der Waals surface area contributed by atoms with Gasteiger partial charge in [0.15, 0.2) is 0 Å². The third-order valence-corrected chi connectivity index (χ3v) is 4.30. The van der Waals surface area contributed by atoms with Gasteiger partial charge in [0.1, 0.15) is 23.8 Å². The molecule has 1 saturated heterocycles. The van der Waals surface area contributed by atoms with Crippen molar-refractivity contribution in [3.63, 3.8) is 0 Å². The van der Waals surface area contributed by atoms with Crippen LogP contribution in [0.4, 0.5) is 4.39 Å². The van der Waals surface area contributed by atoms with Crippen molar-refractivity contribution in [2.45, 2.75) is 18.4 Å². The minimum absolute atomic E-state index is 0.0175. The van der Waals surface area contributed by atoms with Crippen LogP contribution in [-0.4, -0.2) is 53.2 Å². The van der Waals surface area contributed by atoms with Crippen molar-refractivity contribution in [3.05, 3.63) is 48.3 Å². The van der Waals surface area contributed by atoms with E-state index < -0.39 is 5.60 Å². The molecule has 3 rings (SSSR count). The molecule has 0 aliphatic carbocycles. The number of nitrogens with one attached hydrogen (secondary N) is 1. The predicted molar refractivity (Wildman–Crippen MR) is 85.1 cm³/mol. The molecule has 1 amide bonds. The molecule has 1 aliphatic rings. The first-order valence-corrected chi connectivity index (χ1v) is 7.79. The van der Waals surface area contributed by atoms with E-state index >= 15 is 0 Å². The first-order valence-electron chi connectivity index (χ1n) is 7.79. The van der Waals surface area contributed by atoms with Crippen LogP contribution in [0.2, 0.25) is 0 Å². The van der Waals surface area contributed by atoms with E-state index in [1.807, 2.05) is 0 Å². The lowest BCUT2D eigenvalue weighted by Crippen LogP contribution is -2.42. The summed E-state index contributed by atoms with van der Waals surface area (Å²) < 4.78 is 24.5. The zero-order chi connectivity index (χ0) is 17.0. The summed E-state index contributed by atoms with van der Waals surface area (Å²) >= 11 is 0. The standard InChI is InChI=1S/C17H20FN3O3/c1-23-17(11-24-15-4-2-3-13(18)7-15)5-6-21(10-17)16(22)8-14-9-19-12-20-14/h2-4,7,9,12H,5-6,8,10-11H2,1H3,(H,19,20)/t17-/m1/s1. The normalized spacial score (nSPS) is 20.3. The number of halogens is 1. The quantitative estimate of drug-likeness (QED) is 0.875. The van der Waals surface area contributed by atoms with E-state index in [0.29, 0.717) is 25.3 Å². The Kier molecular flexibility index (Phi) is 4.80. The van der Waals surface area contributed by atoms with Gasteiger partial charge in [-0.15, -0.1) is 0 Å². The Morgan fingerprint density at radius 1 is 1.50 bits per heavy atom. The minimum Gasteiger partial charge on any atom is -0.490 e. The summed E-state index contributed by atoms with van der Waals surface area (Å²) in [4.78, 5) is 21.0. The molecule has 6 nitrogen and oxygen atoms in total. The zero-order valence-corrected chi connectivity index (χ0v) is 13.5. The van der Waals surface area contributed by atoms with Crippen LogP contribution in [0.15, 0.2) is 36.8 Å². The van der Waals surface area contributed by atoms with Gasteiger partial charge in [0.05, 0.1) is 19.3 Å². The number of hydrogen-bond acceptors (Lipinski definition) is 4. The van der Waals surface area contributed by atoms with Crippen LogP contribution >= 0.6 is 0 Å². The summed E-state index contributed by atoms with van der Waals surface area (Å²) in [6.45, 7) is 1.32. The van der Waals surface area contributed by atoms with Crippen molar-refractivity contribution in [1.29, 1.82) is 0 Å². The van der Waals surface area contributed by atoms with Crippen LogP contribution in [0, 0.1) is 5.82 Å². The number of rotatable bonds is 6. The maximum Gasteiger partial charge on any atom is 0.228 e. The largest absolute Gasteiger partial charge is 0.490 e. The van der Waals surface area contributed by atoms with E-state index in [1.165, 1.54) is 12.1 Å². The van der Waals surface area contributed by atoms with Gasteiger partial charge < -0.3 is 19.4 Å². The van der Waals surface area contributed by atoms with Crippen LogP contribution in [0.5, 0.6) is 5.75 Å². The lowest BCUT2D eigenvalue weighted by molar-refractivity contribution is -0.131. The van der Waals surface area contributed by atoms with Gasteiger partial charge in [0.25, 0.3) is 0 Å². The highest BCUT2D eigenvalue weighted by atomic mass is 19.1. The SMILES string of the molecule is CO[C@]1(COc2cccc(F)c2)CCN(C(=O)Cc2cnc[nH]2)C1. The number of nitrogens with zero attached hydrogens (tertiary/aromatic N) is 2. The summed E-state index contributed by atoms with van der Waals surface area (Å²) in [7, 11) is 1.61. The fourth-order valence-corrected chi connectivity index (χ4v) is 2.83. The van der Waals surface area contributed by atoms with Crippen molar-refractivity contribution < 1.29 is 18.7 Å². The number of benzene rings is 1. The molecule has 0 bridgehead atoms. The van der Waals surface area contributed by atoms with Gasteiger partial charge in [-0.05, 0) is 18.6 Å². The van der Waals surface area contributed by atoms with Gasteiger partial charge in [-0.3, -0.25) is 4.79 Å². The zero-order valence-electron chi connectivity index (χ0n) is 13.5. The van der Waals surface area contributed by atoms with E-state index in [2.05, 4.69) is 9.97 Å². The molecule has 0 spiro atoms. The topological polar surface area (TPSA) is 67.5 Å². The first-order chi connectivity index (χ1) is 11.6. The number of carbonyl (C=O) groups is 1. The number of H-pyrrole nitrogens is 1. The summed E-state index contributed by atoms with van der Waals surface area (Å²) in [5, 5.41) is 0. The van der Waals surface area contributed by atoms with Crippen molar-refractivity contribution in [3.8, 4) is 5.75 Å². The molecule has 128 valence electrons. The van der Waals surface area contributed by atoms with Gasteiger partial charge in [0.2, 0.25) is 5.91 Å². The van der Waals surface area contributed by atoms with E-state index in [4.69, 9.17) is 9.47 Å². The molecule has 1 atom stereocenters. The molecule has 2 heterocycles. The second kappa shape index (κ2) is 7.00. The minimum atomic E-state index is -0.573. The highest BCUT2D eigenvalue weighted by Gasteiger charge is 2.41. The van der Waals surface area contributed by atoms with E-state index in [0.717, 1.165) is 5.69 Å². The Bertz CT molecular complexity index is 692. The lowest BCUT2D eigenvalue weighted by Gasteiger charge is -2.27. The Morgan fingerprint density at radius 2 is 2.38 bits per heavy atom. The second-order valence-corrected chi connectivity index (χ2v) is 5.95. The molecule has 0 saturated carbocycles. The smallest absolute Gasteiger partial charge is 0.228 e. The number of ether oxygens (including phenoxy) is 2. The molecule has 24 heavy (non-hydrogen) atoms. The van der Waals surface area contributed by atoms with Gasteiger partial charge in [-0.1, -0.05) is 6.07 Å². The molecule has 7 heteroatoms. The number of carbonyl (C=O) groups excluding carboxylic acids is 1. The Labute approximate surface area is 139 Å². The molecule has 0 unspecified atom stereocenters. The molecular weight excluding hydrogens is 313 g/mol. The number of methoxy groups -OCH3 is 1. The molecule has 2 aromatic rings.